The molecule has 0 aromatic carbocycles. The first-order chi connectivity index (χ1) is 9.98. The molecule has 1 fully saturated rings. The van der Waals surface area contributed by atoms with Crippen LogP contribution in [0.5, 0.6) is 0 Å². The molecule has 0 spiro atoms. The predicted octanol–water partition coefficient (Wildman–Crippen LogP) is 0.922. The third kappa shape index (κ3) is 3.44. The van der Waals surface area contributed by atoms with Gasteiger partial charge in [0.25, 0.3) is 0 Å². The Kier molecular flexibility index (Phi) is 5.00. The Balaban J connectivity index is 2.09. The highest BCUT2D eigenvalue weighted by atomic mass is 16.5. The number of carbonyl (C=O) groups is 1. The molecule has 1 aromatic rings. The number of piperidine rings is 1. The fourth-order valence-electron chi connectivity index (χ4n) is 3.09. The number of hydrogen-bond donors (Lipinski definition) is 2. The Morgan fingerprint density at radius 3 is 2.76 bits per heavy atom. The van der Waals surface area contributed by atoms with Crippen molar-refractivity contribution in [2.75, 3.05) is 26.8 Å². The minimum atomic E-state index is -0.412. The molecule has 2 heterocycles. The molecule has 6 heteroatoms. The summed E-state index contributed by atoms with van der Waals surface area (Å²) < 4.78 is 7.10. The van der Waals surface area contributed by atoms with Crippen LogP contribution in [0, 0.1) is 12.3 Å². The van der Waals surface area contributed by atoms with Gasteiger partial charge in [-0.15, -0.1) is 0 Å². The summed E-state index contributed by atoms with van der Waals surface area (Å²) in [6.45, 7) is 6.16. The van der Waals surface area contributed by atoms with E-state index < -0.39 is 5.41 Å². The van der Waals surface area contributed by atoms with Gasteiger partial charge in [0, 0.05) is 25.9 Å². The normalized spacial score (nSPS) is 19.2. The maximum Gasteiger partial charge on any atom is 0.229 e. The summed E-state index contributed by atoms with van der Waals surface area (Å²) in [6, 6.07) is -0.0465. The molecule has 2 N–H and O–H groups in total. The van der Waals surface area contributed by atoms with Crippen LogP contribution in [0.15, 0.2) is 6.20 Å². The van der Waals surface area contributed by atoms with E-state index >= 15 is 0 Å². The molecule has 21 heavy (non-hydrogen) atoms. The molecule has 118 valence electrons. The van der Waals surface area contributed by atoms with Crippen molar-refractivity contribution < 1.29 is 9.53 Å². The van der Waals surface area contributed by atoms with E-state index in [-0.39, 0.29) is 11.9 Å². The van der Waals surface area contributed by atoms with Crippen LogP contribution in [-0.2, 0) is 16.6 Å². The molecule has 0 radical (unpaired) electrons. The molecule has 2 rings (SSSR count). The van der Waals surface area contributed by atoms with Gasteiger partial charge < -0.3 is 15.4 Å². The van der Waals surface area contributed by atoms with E-state index in [4.69, 9.17) is 4.74 Å². The molecule has 1 amide bonds. The molecular formula is C15H26N4O2. The van der Waals surface area contributed by atoms with E-state index in [0.29, 0.717) is 6.61 Å². The Morgan fingerprint density at radius 2 is 2.24 bits per heavy atom. The van der Waals surface area contributed by atoms with Crippen molar-refractivity contribution in [2.24, 2.45) is 12.5 Å². The highest BCUT2D eigenvalue weighted by Crippen LogP contribution is 2.30. The van der Waals surface area contributed by atoms with Gasteiger partial charge in [0.1, 0.15) is 0 Å². The van der Waals surface area contributed by atoms with E-state index in [1.165, 1.54) is 0 Å². The van der Waals surface area contributed by atoms with Crippen LogP contribution < -0.4 is 10.6 Å². The van der Waals surface area contributed by atoms with Gasteiger partial charge in [-0.3, -0.25) is 9.48 Å². The van der Waals surface area contributed by atoms with Crippen LogP contribution in [0.1, 0.15) is 37.1 Å². The van der Waals surface area contributed by atoms with E-state index in [2.05, 4.69) is 15.7 Å². The lowest BCUT2D eigenvalue weighted by atomic mass is 9.78. The van der Waals surface area contributed by atoms with E-state index in [1.807, 2.05) is 27.1 Å². The van der Waals surface area contributed by atoms with E-state index in [0.717, 1.165) is 37.2 Å². The third-order valence-corrected chi connectivity index (χ3v) is 4.33. The maximum absolute atomic E-state index is 12.8. The minimum Gasteiger partial charge on any atom is -0.384 e. The molecule has 1 aromatic heterocycles. The number of ether oxygens (including phenoxy) is 1. The van der Waals surface area contributed by atoms with Gasteiger partial charge in [-0.1, -0.05) is 0 Å². The van der Waals surface area contributed by atoms with Gasteiger partial charge in [0.15, 0.2) is 0 Å². The molecule has 1 aliphatic heterocycles. The number of nitrogens with zero attached hydrogens (tertiary/aromatic N) is 2. The van der Waals surface area contributed by atoms with Gasteiger partial charge in [-0.25, -0.2) is 0 Å². The average Bonchev–Trinajstić information content (AvgIpc) is 2.79. The van der Waals surface area contributed by atoms with Crippen molar-refractivity contribution in [1.29, 1.82) is 0 Å². The van der Waals surface area contributed by atoms with Crippen molar-refractivity contribution in [3.05, 3.63) is 17.5 Å². The number of amides is 1. The number of aromatic nitrogens is 2. The summed E-state index contributed by atoms with van der Waals surface area (Å²) >= 11 is 0. The molecule has 0 bridgehead atoms. The summed E-state index contributed by atoms with van der Waals surface area (Å²) in [4.78, 5) is 12.8. The SMILES string of the molecule is COCC1(C(=O)NC(C)c2cn(C)nc2C)CCNCC1. The summed E-state index contributed by atoms with van der Waals surface area (Å²) in [6.07, 6.45) is 3.59. The first-order valence-electron chi connectivity index (χ1n) is 7.49. The number of methoxy groups -OCH3 is 1. The lowest BCUT2D eigenvalue weighted by molar-refractivity contribution is -0.136. The minimum absolute atomic E-state index is 0.0465. The monoisotopic (exact) mass is 294 g/mol. The number of nitrogens with one attached hydrogen (secondary N) is 2. The second-order valence-electron chi connectivity index (χ2n) is 6.00. The Labute approximate surface area is 126 Å². The molecule has 1 aliphatic rings. The second kappa shape index (κ2) is 6.58. The summed E-state index contributed by atoms with van der Waals surface area (Å²) in [5.41, 5.74) is 1.61. The number of carbonyl (C=O) groups excluding carboxylic acids is 1. The lowest BCUT2D eigenvalue weighted by Crippen LogP contribution is -2.50. The van der Waals surface area contributed by atoms with Crippen molar-refractivity contribution in [1.82, 2.24) is 20.4 Å². The number of aryl methyl sites for hydroxylation is 2. The lowest BCUT2D eigenvalue weighted by Gasteiger charge is -2.36. The summed E-state index contributed by atoms with van der Waals surface area (Å²) in [5, 5.41) is 10.8. The van der Waals surface area contributed by atoms with Gasteiger partial charge >= 0.3 is 0 Å². The molecule has 1 atom stereocenters. The van der Waals surface area contributed by atoms with Crippen molar-refractivity contribution in [3.63, 3.8) is 0 Å². The van der Waals surface area contributed by atoms with Crippen LogP contribution in [0.4, 0.5) is 0 Å². The Hall–Kier alpha value is -1.40. The molecule has 1 saturated heterocycles. The predicted molar refractivity (Wildman–Crippen MR) is 80.9 cm³/mol. The van der Waals surface area contributed by atoms with Crippen LogP contribution in [0.2, 0.25) is 0 Å². The standard InChI is InChI=1S/C15H26N4O2/c1-11(13-9-19(3)18-12(13)2)17-14(20)15(10-21-4)5-7-16-8-6-15/h9,11,16H,5-8,10H2,1-4H3,(H,17,20). The van der Waals surface area contributed by atoms with Crippen LogP contribution in [0.3, 0.4) is 0 Å². The largest absolute Gasteiger partial charge is 0.384 e. The van der Waals surface area contributed by atoms with Crippen molar-refractivity contribution in [2.45, 2.75) is 32.7 Å². The fourth-order valence-corrected chi connectivity index (χ4v) is 3.09. The molecule has 6 nitrogen and oxygen atoms in total. The first-order valence-corrected chi connectivity index (χ1v) is 7.49. The topological polar surface area (TPSA) is 68.2 Å². The second-order valence-corrected chi connectivity index (χ2v) is 6.00. The summed E-state index contributed by atoms with van der Waals surface area (Å²) in [5.74, 6) is 0.0848. The number of hydrogen-bond acceptors (Lipinski definition) is 4. The zero-order valence-electron chi connectivity index (χ0n) is 13.4. The van der Waals surface area contributed by atoms with E-state index in [1.54, 1.807) is 11.8 Å². The Morgan fingerprint density at radius 1 is 1.57 bits per heavy atom. The molecule has 0 saturated carbocycles. The van der Waals surface area contributed by atoms with Crippen molar-refractivity contribution in [3.8, 4) is 0 Å². The van der Waals surface area contributed by atoms with Crippen LogP contribution in [-0.4, -0.2) is 42.5 Å². The van der Waals surface area contributed by atoms with Crippen molar-refractivity contribution >= 4 is 5.91 Å². The molecule has 1 unspecified atom stereocenters. The van der Waals surface area contributed by atoms with Gasteiger partial charge in [0.05, 0.1) is 23.8 Å². The first kappa shape index (κ1) is 16.0. The van der Waals surface area contributed by atoms with Gasteiger partial charge in [0.2, 0.25) is 5.91 Å². The maximum atomic E-state index is 12.8. The Bertz CT molecular complexity index is 486. The quantitative estimate of drug-likeness (QED) is 0.847. The highest BCUT2D eigenvalue weighted by molar-refractivity contribution is 5.83. The van der Waals surface area contributed by atoms with Crippen LogP contribution in [0.25, 0.3) is 0 Å². The highest BCUT2D eigenvalue weighted by Gasteiger charge is 2.40. The smallest absolute Gasteiger partial charge is 0.229 e. The fraction of sp³-hybridized carbons (Fsp3) is 0.733. The zero-order valence-corrected chi connectivity index (χ0v) is 13.4. The zero-order chi connectivity index (χ0) is 15.5. The van der Waals surface area contributed by atoms with E-state index in [9.17, 15) is 4.79 Å². The van der Waals surface area contributed by atoms with Crippen LogP contribution >= 0.6 is 0 Å². The third-order valence-electron chi connectivity index (χ3n) is 4.33. The average molecular weight is 294 g/mol. The van der Waals surface area contributed by atoms with Gasteiger partial charge in [-0.05, 0) is 39.8 Å². The molecule has 0 aliphatic carbocycles. The number of rotatable bonds is 5. The summed E-state index contributed by atoms with van der Waals surface area (Å²) in [7, 11) is 3.55. The molecular weight excluding hydrogens is 268 g/mol. The van der Waals surface area contributed by atoms with Gasteiger partial charge in [-0.2, -0.15) is 5.10 Å².